The monoisotopic (exact) mass is 373 g/mol. The van der Waals surface area contributed by atoms with E-state index in [2.05, 4.69) is 20.7 Å². The zero-order valence-corrected chi connectivity index (χ0v) is 13.6. The number of carbonyl (C=O) groups is 1. The van der Waals surface area contributed by atoms with Crippen molar-refractivity contribution >= 4 is 43.1 Å². The molecular weight excluding hydrogens is 362 g/mol. The first-order valence-corrected chi connectivity index (χ1v) is 9.32. The number of nitrogens with one attached hydrogen (secondary N) is 1. The molecule has 0 saturated carbocycles. The normalized spacial score (nSPS) is 11.4. The van der Waals surface area contributed by atoms with E-state index < -0.39 is 10.0 Å². The van der Waals surface area contributed by atoms with Gasteiger partial charge in [-0.1, -0.05) is 46.3 Å². The van der Waals surface area contributed by atoms with Crippen molar-refractivity contribution in [1.29, 1.82) is 0 Å². The molecule has 0 atom stereocenters. The second kappa shape index (κ2) is 6.62. The highest BCUT2D eigenvalue weighted by Gasteiger charge is 2.13. The Morgan fingerprint density at radius 2 is 1.85 bits per heavy atom. The lowest BCUT2D eigenvalue weighted by atomic mass is 10.1. The molecular formula is C13H12BrNO3S2. The largest absolute Gasteiger partial charge is 0.288 e. The zero-order chi connectivity index (χ0) is 14.6. The number of thiophene rings is 1. The minimum absolute atomic E-state index is 0.0507. The molecule has 7 heteroatoms. The average molecular weight is 374 g/mol. The molecule has 106 valence electrons. The van der Waals surface area contributed by atoms with Gasteiger partial charge in [0.2, 0.25) is 15.8 Å². The summed E-state index contributed by atoms with van der Waals surface area (Å²) in [6.07, 6.45) is 0. The van der Waals surface area contributed by atoms with Crippen LogP contribution in [0.3, 0.4) is 0 Å². The van der Waals surface area contributed by atoms with Crippen LogP contribution in [0.25, 0.3) is 0 Å². The third-order valence-corrected chi connectivity index (χ3v) is 6.30. The van der Waals surface area contributed by atoms with E-state index in [1.165, 1.54) is 11.3 Å². The van der Waals surface area contributed by atoms with E-state index in [4.69, 9.17) is 0 Å². The molecule has 0 bridgehead atoms. The fourth-order valence-electron chi connectivity index (χ4n) is 1.55. The van der Waals surface area contributed by atoms with Gasteiger partial charge in [-0.2, -0.15) is 0 Å². The molecule has 1 aromatic heterocycles. The van der Waals surface area contributed by atoms with Gasteiger partial charge in [-0.05, 0) is 12.1 Å². The van der Waals surface area contributed by atoms with Crippen LogP contribution in [0.2, 0.25) is 0 Å². The molecule has 0 saturated heterocycles. The van der Waals surface area contributed by atoms with E-state index in [-0.39, 0.29) is 17.0 Å². The molecule has 1 heterocycles. The Balaban J connectivity index is 2.08. The summed E-state index contributed by atoms with van der Waals surface area (Å²) in [5, 5.41) is 0. The molecule has 2 rings (SSSR count). The summed E-state index contributed by atoms with van der Waals surface area (Å²) in [4.78, 5) is 13.6. The number of hydrogen-bond donors (Lipinski definition) is 1. The maximum Gasteiger partial charge on any atom is 0.221 e. The number of alkyl halides is 1. The van der Waals surface area contributed by atoms with Crippen molar-refractivity contribution in [3.8, 4) is 0 Å². The molecule has 4 nitrogen and oxygen atoms in total. The van der Waals surface area contributed by atoms with Gasteiger partial charge in [0.1, 0.15) is 4.66 Å². The van der Waals surface area contributed by atoms with Crippen molar-refractivity contribution in [3.05, 3.63) is 57.8 Å². The van der Waals surface area contributed by atoms with Gasteiger partial charge in [-0.25, -0.2) is 13.1 Å². The van der Waals surface area contributed by atoms with Gasteiger partial charge in [0.15, 0.2) is 0 Å². The van der Waals surface area contributed by atoms with Gasteiger partial charge in [0.05, 0.1) is 4.88 Å². The SMILES string of the molecule is O=C(c1ccccc1)c1ccc(CNS(=O)(=O)CBr)s1. The third kappa shape index (κ3) is 3.99. The van der Waals surface area contributed by atoms with Crippen LogP contribution >= 0.6 is 27.3 Å². The molecule has 0 aliphatic rings. The van der Waals surface area contributed by atoms with Crippen LogP contribution in [0.15, 0.2) is 42.5 Å². The number of sulfonamides is 1. The molecule has 1 aromatic carbocycles. The number of halogens is 1. The molecule has 0 amide bonds. The van der Waals surface area contributed by atoms with E-state index in [0.29, 0.717) is 10.4 Å². The Labute approximate surface area is 130 Å². The molecule has 0 radical (unpaired) electrons. The third-order valence-electron chi connectivity index (χ3n) is 2.53. The lowest BCUT2D eigenvalue weighted by molar-refractivity contribution is 0.104. The summed E-state index contributed by atoms with van der Waals surface area (Å²) < 4.78 is 24.9. The maximum atomic E-state index is 12.2. The fourth-order valence-corrected chi connectivity index (χ4v) is 3.49. The molecule has 1 N–H and O–H groups in total. The predicted octanol–water partition coefficient (Wildman–Crippen LogP) is 2.75. The lowest BCUT2D eigenvalue weighted by Crippen LogP contribution is -2.23. The molecule has 2 aromatic rings. The summed E-state index contributed by atoms with van der Waals surface area (Å²) >= 11 is 4.20. The molecule has 0 fully saturated rings. The van der Waals surface area contributed by atoms with E-state index in [0.717, 1.165) is 4.88 Å². The summed E-state index contributed by atoms with van der Waals surface area (Å²) in [7, 11) is -3.29. The van der Waals surface area contributed by atoms with E-state index in [1.54, 1.807) is 24.3 Å². The molecule has 0 aliphatic carbocycles. The van der Waals surface area contributed by atoms with Crippen LogP contribution in [0.1, 0.15) is 20.1 Å². The van der Waals surface area contributed by atoms with Gasteiger partial charge in [0, 0.05) is 17.0 Å². The number of ketones is 1. The Kier molecular flexibility index (Phi) is 5.09. The lowest BCUT2D eigenvalue weighted by Gasteiger charge is -2.01. The van der Waals surface area contributed by atoms with E-state index >= 15 is 0 Å². The highest BCUT2D eigenvalue weighted by atomic mass is 79.9. The van der Waals surface area contributed by atoms with Gasteiger partial charge in [-0.3, -0.25) is 4.79 Å². The smallest absolute Gasteiger partial charge is 0.221 e. The Morgan fingerprint density at radius 1 is 1.15 bits per heavy atom. The quantitative estimate of drug-likeness (QED) is 0.625. The van der Waals surface area contributed by atoms with Gasteiger partial charge < -0.3 is 0 Å². The topological polar surface area (TPSA) is 63.2 Å². The first-order valence-electron chi connectivity index (χ1n) is 5.73. The predicted molar refractivity (Wildman–Crippen MR) is 83.7 cm³/mol. The van der Waals surface area contributed by atoms with Crippen LogP contribution in [-0.4, -0.2) is 18.9 Å². The molecule has 0 unspecified atom stereocenters. The molecule has 0 spiro atoms. The first kappa shape index (κ1) is 15.4. The Morgan fingerprint density at radius 3 is 2.50 bits per heavy atom. The fraction of sp³-hybridized carbons (Fsp3) is 0.154. The maximum absolute atomic E-state index is 12.2. The summed E-state index contributed by atoms with van der Waals surface area (Å²) in [5.41, 5.74) is 0.627. The number of benzene rings is 1. The van der Waals surface area contributed by atoms with Crippen LogP contribution in [0.5, 0.6) is 0 Å². The van der Waals surface area contributed by atoms with Crippen LogP contribution in [0, 0.1) is 0 Å². The van der Waals surface area contributed by atoms with Crippen molar-refractivity contribution in [3.63, 3.8) is 0 Å². The van der Waals surface area contributed by atoms with Crippen LogP contribution < -0.4 is 4.72 Å². The van der Waals surface area contributed by atoms with Crippen molar-refractivity contribution in [2.45, 2.75) is 6.54 Å². The van der Waals surface area contributed by atoms with E-state index in [9.17, 15) is 13.2 Å². The standard InChI is InChI=1S/C13H12BrNO3S2/c14-9-20(17,18)15-8-11-6-7-12(19-11)13(16)10-4-2-1-3-5-10/h1-7,15H,8-9H2. The Bertz CT molecular complexity index is 695. The van der Waals surface area contributed by atoms with E-state index in [1.807, 2.05) is 18.2 Å². The van der Waals surface area contributed by atoms with Gasteiger partial charge in [-0.15, -0.1) is 11.3 Å². The second-order valence-electron chi connectivity index (χ2n) is 4.01. The summed E-state index contributed by atoms with van der Waals surface area (Å²) in [6, 6.07) is 12.5. The first-order chi connectivity index (χ1) is 9.52. The second-order valence-corrected chi connectivity index (χ2v) is 8.28. The minimum atomic E-state index is -3.29. The highest BCUT2D eigenvalue weighted by Crippen LogP contribution is 2.20. The Hall–Kier alpha value is -1.02. The van der Waals surface area contributed by atoms with Crippen LogP contribution in [0.4, 0.5) is 0 Å². The average Bonchev–Trinajstić information content (AvgIpc) is 2.94. The zero-order valence-electron chi connectivity index (χ0n) is 10.4. The minimum Gasteiger partial charge on any atom is -0.288 e. The van der Waals surface area contributed by atoms with Crippen molar-refractivity contribution in [1.82, 2.24) is 4.72 Å². The summed E-state index contributed by atoms with van der Waals surface area (Å²) in [6.45, 7) is 0.195. The molecule has 20 heavy (non-hydrogen) atoms. The van der Waals surface area contributed by atoms with Crippen molar-refractivity contribution < 1.29 is 13.2 Å². The van der Waals surface area contributed by atoms with Crippen LogP contribution in [-0.2, 0) is 16.6 Å². The molecule has 0 aliphatic heterocycles. The van der Waals surface area contributed by atoms with Gasteiger partial charge >= 0.3 is 0 Å². The number of carbonyl (C=O) groups excluding carboxylic acids is 1. The summed E-state index contributed by atoms with van der Waals surface area (Å²) in [5.74, 6) is -0.0507. The van der Waals surface area contributed by atoms with Crippen molar-refractivity contribution in [2.75, 3.05) is 4.66 Å². The number of hydrogen-bond acceptors (Lipinski definition) is 4. The van der Waals surface area contributed by atoms with Crippen molar-refractivity contribution in [2.24, 2.45) is 0 Å². The van der Waals surface area contributed by atoms with Gasteiger partial charge in [0.25, 0.3) is 0 Å². The number of rotatable bonds is 6. The highest BCUT2D eigenvalue weighted by molar-refractivity contribution is 9.10.